The normalized spacial score (nSPS) is 10.5. The molecule has 0 fully saturated rings. The molecule has 17 heavy (non-hydrogen) atoms. The number of ether oxygens (including phenoxy) is 1. The number of carboxylic acid groups (broad SMARTS) is 1. The molecule has 0 aliphatic heterocycles. The molecule has 0 spiro atoms. The van der Waals surface area contributed by atoms with Crippen LogP contribution in [-0.4, -0.2) is 17.2 Å². The smallest absolute Gasteiger partial charge is 0.307 e. The predicted molar refractivity (Wildman–Crippen MR) is 64.8 cm³/mol. The number of carbonyl (C=O) groups is 1. The Balaban J connectivity index is 0.00000121. The van der Waals surface area contributed by atoms with Crippen LogP contribution in [0.5, 0.6) is 5.75 Å². The zero-order chi connectivity index (χ0) is 13.3. The first-order chi connectivity index (χ1) is 8.11. The molecule has 0 heterocycles. The molecular weight excluding hydrogens is 218 g/mol. The van der Waals surface area contributed by atoms with Gasteiger partial charge >= 0.3 is 5.97 Å². The van der Waals surface area contributed by atoms with Gasteiger partial charge in [-0.05, 0) is 31.2 Å². The Morgan fingerprint density at radius 2 is 1.94 bits per heavy atom. The number of nitrogens with zero attached hydrogens (tertiary/aromatic N) is 1. The average molecular weight is 235 g/mol. The molecule has 1 rings (SSSR count). The predicted octanol–water partition coefficient (Wildman–Crippen LogP) is 2.83. The third-order valence-electron chi connectivity index (χ3n) is 1.78. The number of carboxylic acids is 1. The van der Waals surface area contributed by atoms with Gasteiger partial charge in [0.15, 0.2) is 0 Å². The van der Waals surface area contributed by atoms with Crippen LogP contribution in [-0.2, 0) is 4.79 Å². The summed E-state index contributed by atoms with van der Waals surface area (Å²) in [5.74, 6) is -0.320. The topological polar surface area (TPSA) is 70.3 Å². The Morgan fingerprint density at radius 1 is 1.41 bits per heavy atom. The number of nitriles is 1. The summed E-state index contributed by atoms with van der Waals surface area (Å²) in [6.07, 6.45) is -0.421. The number of aliphatic carboxylic acids is 1. The van der Waals surface area contributed by atoms with Crippen molar-refractivity contribution >= 4 is 5.97 Å². The second-order valence-corrected chi connectivity index (χ2v) is 3.16. The van der Waals surface area contributed by atoms with Gasteiger partial charge in [-0.2, -0.15) is 5.26 Å². The second kappa shape index (κ2) is 8.17. The lowest BCUT2D eigenvalue weighted by Gasteiger charge is -2.12. The molecule has 0 aromatic heterocycles. The van der Waals surface area contributed by atoms with Crippen molar-refractivity contribution in [2.75, 3.05) is 0 Å². The highest BCUT2D eigenvalue weighted by molar-refractivity contribution is 5.67. The van der Waals surface area contributed by atoms with Crippen molar-refractivity contribution in [3.63, 3.8) is 0 Å². The maximum absolute atomic E-state index is 10.4. The zero-order valence-electron chi connectivity index (χ0n) is 10.3. The molecule has 0 saturated carbocycles. The summed E-state index contributed by atoms with van der Waals surface area (Å²) in [5, 5.41) is 17.1. The van der Waals surface area contributed by atoms with E-state index in [0.29, 0.717) is 11.3 Å². The quantitative estimate of drug-likeness (QED) is 0.871. The van der Waals surface area contributed by atoms with E-state index in [0.717, 1.165) is 0 Å². The highest BCUT2D eigenvalue weighted by atomic mass is 16.5. The maximum Gasteiger partial charge on any atom is 0.307 e. The molecule has 0 aliphatic rings. The van der Waals surface area contributed by atoms with Crippen LogP contribution in [0.2, 0.25) is 0 Å². The highest BCUT2D eigenvalue weighted by Gasteiger charge is 2.08. The van der Waals surface area contributed by atoms with Gasteiger partial charge in [-0.25, -0.2) is 0 Å². The van der Waals surface area contributed by atoms with Gasteiger partial charge in [0, 0.05) is 0 Å². The van der Waals surface area contributed by atoms with Gasteiger partial charge in [0.05, 0.1) is 18.1 Å². The van der Waals surface area contributed by atoms with Crippen LogP contribution in [0.4, 0.5) is 0 Å². The van der Waals surface area contributed by atoms with E-state index in [2.05, 4.69) is 0 Å². The van der Waals surface area contributed by atoms with Crippen LogP contribution in [0.25, 0.3) is 0 Å². The van der Waals surface area contributed by atoms with E-state index in [4.69, 9.17) is 15.1 Å². The summed E-state index contributed by atoms with van der Waals surface area (Å²) in [4.78, 5) is 10.4. The van der Waals surface area contributed by atoms with Crippen molar-refractivity contribution in [2.24, 2.45) is 0 Å². The number of rotatable bonds is 4. The lowest BCUT2D eigenvalue weighted by atomic mass is 10.2. The molecule has 92 valence electrons. The molecule has 0 aliphatic carbocycles. The standard InChI is InChI=1S/C11H11NO3.C2H6/c1-8(6-11(13)14)15-10-4-2-9(7-12)3-5-10;1-2/h2-5,8H,6H2,1H3,(H,13,14);1-2H3. The zero-order valence-corrected chi connectivity index (χ0v) is 10.3. The minimum atomic E-state index is -0.892. The molecule has 1 aromatic carbocycles. The Morgan fingerprint density at radius 3 is 2.35 bits per heavy atom. The Kier molecular flexibility index (Phi) is 7.20. The fourth-order valence-corrected chi connectivity index (χ4v) is 1.13. The molecule has 0 bridgehead atoms. The van der Waals surface area contributed by atoms with Crippen LogP contribution in [0.15, 0.2) is 24.3 Å². The summed E-state index contributed by atoms with van der Waals surface area (Å²) in [7, 11) is 0. The first kappa shape index (κ1) is 15.0. The molecule has 4 heteroatoms. The minimum absolute atomic E-state index is 0.0417. The van der Waals surface area contributed by atoms with Gasteiger partial charge in [0.2, 0.25) is 0 Å². The molecule has 1 unspecified atom stereocenters. The van der Waals surface area contributed by atoms with Gasteiger partial charge in [0.1, 0.15) is 11.9 Å². The van der Waals surface area contributed by atoms with Gasteiger partial charge < -0.3 is 9.84 Å². The highest BCUT2D eigenvalue weighted by Crippen LogP contribution is 2.14. The third kappa shape index (κ3) is 6.21. The van der Waals surface area contributed by atoms with Gasteiger partial charge in [-0.1, -0.05) is 13.8 Å². The van der Waals surface area contributed by atoms with Crippen molar-refractivity contribution in [3.05, 3.63) is 29.8 Å². The van der Waals surface area contributed by atoms with Crippen molar-refractivity contribution in [1.29, 1.82) is 5.26 Å². The number of hydrogen-bond acceptors (Lipinski definition) is 3. The first-order valence-electron chi connectivity index (χ1n) is 5.50. The molecule has 0 radical (unpaired) electrons. The largest absolute Gasteiger partial charge is 0.490 e. The molecule has 0 saturated heterocycles. The molecule has 1 aromatic rings. The summed E-state index contributed by atoms with van der Waals surface area (Å²) in [6.45, 7) is 5.69. The lowest BCUT2D eigenvalue weighted by molar-refractivity contribution is -0.138. The van der Waals surface area contributed by atoms with E-state index in [-0.39, 0.29) is 12.5 Å². The van der Waals surface area contributed by atoms with Crippen molar-refractivity contribution < 1.29 is 14.6 Å². The Bertz CT molecular complexity index is 379. The van der Waals surface area contributed by atoms with Gasteiger partial charge in [0.25, 0.3) is 0 Å². The van der Waals surface area contributed by atoms with E-state index in [1.54, 1.807) is 31.2 Å². The van der Waals surface area contributed by atoms with Crippen LogP contribution in [0.1, 0.15) is 32.8 Å². The summed E-state index contributed by atoms with van der Waals surface area (Å²) >= 11 is 0. The lowest BCUT2D eigenvalue weighted by Crippen LogP contribution is -2.16. The van der Waals surface area contributed by atoms with Crippen LogP contribution < -0.4 is 4.74 Å². The second-order valence-electron chi connectivity index (χ2n) is 3.16. The molecule has 1 N–H and O–H groups in total. The SMILES string of the molecule is CC.CC(CC(=O)O)Oc1ccc(C#N)cc1. The summed E-state index contributed by atoms with van der Waals surface area (Å²) in [6, 6.07) is 8.55. The van der Waals surface area contributed by atoms with E-state index in [9.17, 15) is 4.79 Å². The molecule has 0 amide bonds. The minimum Gasteiger partial charge on any atom is -0.490 e. The van der Waals surface area contributed by atoms with Crippen molar-refractivity contribution in [1.82, 2.24) is 0 Å². The maximum atomic E-state index is 10.4. The summed E-state index contributed by atoms with van der Waals surface area (Å²) < 4.78 is 5.33. The Labute approximate surface area is 101 Å². The fourth-order valence-electron chi connectivity index (χ4n) is 1.13. The first-order valence-corrected chi connectivity index (χ1v) is 5.50. The molecule has 1 atom stereocenters. The number of hydrogen-bond donors (Lipinski definition) is 1. The van der Waals surface area contributed by atoms with Crippen LogP contribution in [0, 0.1) is 11.3 Å². The van der Waals surface area contributed by atoms with Crippen molar-refractivity contribution in [2.45, 2.75) is 33.3 Å². The monoisotopic (exact) mass is 235 g/mol. The summed E-state index contributed by atoms with van der Waals surface area (Å²) in [5.41, 5.74) is 0.549. The van der Waals surface area contributed by atoms with Crippen molar-refractivity contribution in [3.8, 4) is 11.8 Å². The molecular formula is C13H17NO3. The van der Waals surface area contributed by atoms with E-state index >= 15 is 0 Å². The van der Waals surface area contributed by atoms with Crippen LogP contribution in [0.3, 0.4) is 0 Å². The Hall–Kier alpha value is -2.02. The van der Waals surface area contributed by atoms with E-state index < -0.39 is 5.97 Å². The van der Waals surface area contributed by atoms with Gasteiger partial charge in [-0.3, -0.25) is 4.79 Å². The fraction of sp³-hybridized carbons (Fsp3) is 0.385. The third-order valence-corrected chi connectivity index (χ3v) is 1.78. The van der Waals surface area contributed by atoms with Crippen LogP contribution >= 0.6 is 0 Å². The van der Waals surface area contributed by atoms with E-state index in [1.807, 2.05) is 19.9 Å². The number of benzene rings is 1. The average Bonchev–Trinajstić information content (AvgIpc) is 2.31. The van der Waals surface area contributed by atoms with Gasteiger partial charge in [-0.15, -0.1) is 0 Å². The van der Waals surface area contributed by atoms with E-state index in [1.165, 1.54) is 0 Å². The molecule has 4 nitrogen and oxygen atoms in total.